The molecule has 5 rings (SSSR count). The van der Waals surface area contributed by atoms with Crippen molar-refractivity contribution in [1.29, 1.82) is 0 Å². The van der Waals surface area contributed by atoms with Crippen molar-refractivity contribution in [3.63, 3.8) is 0 Å². The zero-order chi connectivity index (χ0) is 25.1. The van der Waals surface area contributed by atoms with E-state index in [1.54, 1.807) is 6.92 Å². The van der Waals surface area contributed by atoms with Gasteiger partial charge in [0.15, 0.2) is 5.60 Å². The fraction of sp³-hybridized carbons (Fsp3) is 0.846. The Bertz CT molecular complexity index is 949. The van der Waals surface area contributed by atoms with Gasteiger partial charge in [0.25, 0.3) is 0 Å². The molecule has 11 atom stereocenters. The number of epoxide rings is 1. The van der Waals surface area contributed by atoms with Gasteiger partial charge in [-0.3, -0.25) is 4.79 Å². The summed E-state index contributed by atoms with van der Waals surface area (Å²) < 4.78 is 16.8. The molecule has 4 aliphatic carbocycles. The fourth-order valence-corrected chi connectivity index (χ4v) is 8.60. The quantitative estimate of drug-likeness (QED) is 0.319. The minimum atomic E-state index is -1.59. The van der Waals surface area contributed by atoms with Crippen LogP contribution in [0.25, 0.3) is 0 Å². The summed E-state index contributed by atoms with van der Waals surface area (Å²) in [6, 6.07) is 0. The Morgan fingerprint density at radius 3 is 2.35 bits per heavy atom. The highest BCUT2D eigenvalue weighted by atomic mass is 16.7. The summed E-state index contributed by atoms with van der Waals surface area (Å²) in [4.78, 5) is 26.2. The van der Waals surface area contributed by atoms with Crippen LogP contribution in [0.1, 0.15) is 66.2 Å². The molecular formula is C26H38O8. The molecule has 34 heavy (non-hydrogen) atoms. The van der Waals surface area contributed by atoms with E-state index in [1.165, 1.54) is 7.11 Å². The number of aliphatic hydroxyl groups excluding tert-OH is 2. The molecule has 0 aromatic heterocycles. The van der Waals surface area contributed by atoms with Crippen molar-refractivity contribution in [2.75, 3.05) is 7.11 Å². The molecular weight excluding hydrogens is 440 g/mol. The molecule has 0 radical (unpaired) electrons. The highest BCUT2D eigenvalue weighted by Crippen LogP contribution is 2.74. The second-order valence-corrected chi connectivity index (χ2v) is 12.1. The molecule has 4 saturated carbocycles. The molecule has 8 nitrogen and oxygen atoms in total. The summed E-state index contributed by atoms with van der Waals surface area (Å²) in [7, 11) is 1.34. The Morgan fingerprint density at radius 2 is 1.76 bits per heavy atom. The van der Waals surface area contributed by atoms with Crippen LogP contribution in [0, 0.1) is 28.1 Å². The van der Waals surface area contributed by atoms with Crippen molar-refractivity contribution in [3.8, 4) is 0 Å². The van der Waals surface area contributed by atoms with E-state index in [-0.39, 0.29) is 18.4 Å². The average Bonchev–Trinajstić information content (AvgIpc) is 3.36. The van der Waals surface area contributed by atoms with Gasteiger partial charge in [0.1, 0.15) is 6.10 Å². The van der Waals surface area contributed by atoms with Gasteiger partial charge in [0.2, 0.25) is 0 Å². The Balaban J connectivity index is 1.65. The number of carbonyl (C=O) groups excluding carboxylic acids is 2. The van der Waals surface area contributed by atoms with E-state index < -0.39 is 63.6 Å². The third kappa shape index (κ3) is 2.53. The molecule has 5 aliphatic rings. The number of esters is 2. The van der Waals surface area contributed by atoms with Crippen molar-refractivity contribution >= 4 is 11.9 Å². The van der Waals surface area contributed by atoms with Gasteiger partial charge in [-0.1, -0.05) is 13.5 Å². The lowest BCUT2D eigenvalue weighted by Gasteiger charge is -2.70. The highest BCUT2D eigenvalue weighted by Gasteiger charge is 2.80. The predicted octanol–water partition coefficient (Wildman–Crippen LogP) is 1.88. The second-order valence-electron chi connectivity index (χ2n) is 12.1. The first-order valence-corrected chi connectivity index (χ1v) is 12.5. The van der Waals surface area contributed by atoms with E-state index in [4.69, 9.17) is 14.2 Å². The van der Waals surface area contributed by atoms with Gasteiger partial charge in [-0.15, -0.1) is 0 Å². The van der Waals surface area contributed by atoms with Crippen molar-refractivity contribution in [2.24, 2.45) is 28.1 Å². The van der Waals surface area contributed by atoms with Crippen molar-refractivity contribution in [2.45, 2.75) is 102 Å². The molecule has 1 heterocycles. The molecule has 0 unspecified atom stereocenters. The van der Waals surface area contributed by atoms with Gasteiger partial charge >= 0.3 is 11.9 Å². The van der Waals surface area contributed by atoms with Crippen LogP contribution in [-0.2, 0) is 23.8 Å². The van der Waals surface area contributed by atoms with Crippen LogP contribution < -0.4 is 0 Å². The number of fused-ring (bicyclic) bond motifs is 3. The standard InChI is InChI=1S/C26H38O8/c1-13-15-7-10-26(31)23(4)16(11-17(27)25(26,12-15)19(13)28)22(3,20(29)32-6)9-8-18(23)33-21(30)24(5)14(2)34-24/h14-19,27-28,31H,1,7-12H2,2-6H3/t14-,15+,16+,17-,18+,19+,22+,23-,24-,25+,26+/m0/s1. The van der Waals surface area contributed by atoms with Crippen LogP contribution in [0.15, 0.2) is 12.2 Å². The first kappa shape index (κ1) is 24.2. The van der Waals surface area contributed by atoms with Crippen LogP contribution in [0.2, 0.25) is 0 Å². The van der Waals surface area contributed by atoms with Crippen LogP contribution in [-0.4, -0.2) is 70.0 Å². The number of ether oxygens (including phenoxy) is 3. The summed E-state index contributed by atoms with van der Waals surface area (Å²) in [6.07, 6.45) is -0.847. The predicted molar refractivity (Wildman–Crippen MR) is 120 cm³/mol. The van der Waals surface area contributed by atoms with Crippen LogP contribution in [0.5, 0.6) is 0 Å². The Hall–Kier alpha value is -1.48. The number of methoxy groups -OCH3 is 1. The van der Waals surface area contributed by atoms with Gasteiger partial charge in [0.05, 0.1) is 41.9 Å². The third-order valence-corrected chi connectivity index (χ3v) is 11.1. The number of hydrogen-bond donors (Lipinski definition) is 3. The van der Waals surface area contributed by atoms with Gasteiger partial charge in [-0.2, -0.15) is 0 Å². The Labute approximate surface area is 200 Å². The maximum atomic E-state index is 13.1. The summed E-state index contributed by atoms with van der Waals surface area (Å²) in [5.41, 5.74) is -5.31. The van der Waals surface area contributed by atoms with E-state index in [1.807, 2.05) is 20.8 Å². The maximum Gasteiger partial charge on any atom is 0.341 e. The molecule has 2 bridgehead atoms. The highest BCUT2D eigenvalue weighted by molar-refractivity contribution is 5.83. The Kier molecular flexibility index (Phi) is 5.03. The Morgan fingerprint density at radius 1 is 1.12 bits per heavy atom. The molecule has 1 aliphatic heterocycles. The molecule has 8 heteroatoms. The number of carbonyl (C=O) groups is 2. The lowest BCUT2D eigenvalue weighted by atomic mass is 9.37. The summed E-state index contributed by atoms with van der Waals surface area (Å²) in [5.74, 6) is -1.41. The summed E-state index contributed by atoms with van der Waals surface area (Å²) in [5, 5.41) is 35.6. The first-order chi connectivity index (χ1) is 15.7. The minimum absolute atomic E-state index is 0.0151. The lowest BCUT2D eigenvalue weighted by molar-refractivity contribution is -0.330. The number of rotatable bonds is 3. The van der Waals surface area contributed by atoms with E-state index in [0.717, 1.165) is 0 Å². The lowest BCUT2D eigenvalue weighted by Crippen LogP contribution is -2.78. The molecule has 190 valence electrons. The van der Waals surface area contributed by atoms with Crippen molar-refractivity contribution < 1.29 is 39.1 Å². The molecule has 0 aromatic carbocycles. The SMILES string of the molecule is C=C1[C@@H]2CC[C@@]3(O)[C@]4(C)[C@H](OC(=O)[C@@]5(C)O[C@H]5C)CC[C@@](C)(C(=O)OC)[C@H]4C[C@H](O)[C@]3(C2)[C@@H]1O. The van der Waals surface area contributed by atoms with Gasteiger partial charge in [-0.25, -0.2) is 4.79 Å². The average molecular weight is 479 g/mol. The zero-order valence-corrected chi connectivity index (χ0v) is 20.8. The first-order valence-electron chi connectivity index (χ1n) is 12.5. The monoisotopic (exact) mass is 478 g/mol. The molecule has 1 spiro atoms. The van der Waals surface area contributed by atoms with E-state index in [9.17, 15) is 24.9 Å². The van der Waals surface area contributed by atoms with Crippen molar-refractivity contribution in [1.82, 2.24) is 0 Å². The summed E-state index contributed by atoms with van der Waals surface area (Å²) in [6.45, 7) is 11.3. The third-order valence-electron chi connectivity index (χ3n) is 11.1. The largest absolute Gasteiger partial charge is 0.469 e. The number of hydrogen-bond acceptors (Lipinski definition) is 8. The van der Waals surface area contributed by atoms with Gasteiger partial charge in [-0.05, 0) is 76.7 Å². The van der Waals surface area contributed by atoms with Crippen LogP contribution in [0.3, 0.4) is 0 Å². The van der Waals surface area contributed by atoms with E-state index in [0.29, 0.717) is 37.7 Å². The minimum Gasteiger partial charge on any atom is -0.469 e. The van der Waals surface area contributed by atoms with Gasteiger partial charge in [0, 0.05) is 5.41 Å². The molecule has 0 aromatic rings. The summed E-state index contributed by atoms with van der Waals surface area (Å²) >= 11 is 0. The van der Waals surface area contributed by atoms with E-state index in [2.05, 4.69) is 6.58 Å². The topological polar surface area (TPSA) is 126 Å². The van der Waals surface area contributed by atoms with E-state index >= 15 is 0 Å². The number of aliphatic hydroxyl groups is 3. The molecule has 1 saturated heterocycles. The van der Waals surface area contributed by atoms with Crippen LogP contribution >= 0.6 is 0 Å². The normalized spacial score (nSPS) is 55.7. The molecule has 5 fully saturated rings. The zero-order valence-electron chi connectivity index (χ0n) is 20.8. The molecule has 3 N–H and O–H groups in total. The van der Waals surface area contributed by atoms with Crippen LogP contribution in [0.4, 0.5) is 0 Å². The smallest absolute Gasteiger partial charge is 0.341 e. The van der Waals surface area contributed by atoms with Gasteiger partial charge < -0.3 is 29.5 Å². The fourth-order valence-electron chi connectivity index (χ4n) is 8.60. The maximum absolute atomic E-state index is 13.1. The van der Waals surface area contributed by atoms with Crippen molar-refractivity contribution in [3.05, 3.63) is 12.2 Å². The molecule has 0 amide bonds. The second kappa shape index (κ2) is 7.05.